The first-order valence-corrected chi connectivity index (χ1v) is 6.68. The van der Waals surface area contributed by atoms with Gasteiger partial charge in [-0.1, -0.05) is 6.92 Å². The molecule has 2 aliphatic heterocycles. The third kappa shape index (κ3) is 3.57. The second-order valence-electron chi connectivity index (χ2n) is 4.83. The van der Waals surface area contributed by atoms with Gasteiger partial charge in [-0.3, -0.25) is 0 Å². The van der Waals surface area contributed by atoms with Crippen LogP contribution >= 0.6 is 0 Å². The predicted octanol–water partition coefficient (Wildman–Crippen LogP) is 0.559. The lowest BCUT2D eigenvalue weighted by molar-refractivity contribution is -0.0579. The summed E-state index contributed by atoms with van der Waals surface area (Å²) in [7, 11) is 0. The van der Waals surface area contributed by atoms with E-state index in [-0.39, 0.29) is 6.03 Å². The van der Waals surface area contributed by atoms with Crippen molar-refractivity contribution in [1.82, 2.24) is 15.5 Å². The van der Waals surface area contributed by atoms with Crippen LogP contribution < -0.4 is 10.6 Å². The summed E-state index contributed by atoms with van der Waals surface area (Å²) in [6.07, 6.45) is 3.67. The van der Waals surface area contributed by atoms with E-state index in [0.717, 1.165) is 52.0 Å². The van der Waals surface area contributed by atoms with Gasteiger partial charge in [0.15, 0.2) is 0 Å². The van der Waals surface area contributed by atoms with Crippen LogP contribution in [0.2, 0.25) is 0 Å². The topological polar surface area (TPSA) is 53.6 Å². The van der Waals surface area contributed by atoms with E-state index in [9.17, 15) is 4.79 Å². The first kappa shape index (κ1) is 12.6. The number of ether oxygens (including phenoxy) is 1. The number of rotatable bonds is 4. The maximum atomic E-state index is 11.7. The summed E-state index contributed by atoms with van der Waals surface area (Å²) in [6.45, 7) is 6.44. The molecule has 0 aromatic heterocycles. The van der Waals surface area contributed by atoms with Gasteiger partial charge in [-0.2, -0.15) is 0 Å². The van der Waals surface area contributed by atoms with Crippen LogP contribution in [-0.4, -0.2) is 55.9 Å². The van der Waals surface area contributed by atoms with E-state index in [1.165, 1.54) is 0 Å². The summed E-state index contributed by atoms with van der Waals surface area (Å²) in [5, 5.41) is 6.12. The molecule has 2 fully saturated rings. The van der Waals surface area contributed by atoms with Crippen LogP contribution in [0.25, 0.3) is 0 Å². The number of amides is 2. The van der Waals surface area contributed by atoms with Crippen molar-refractivity contribution in [2.75, 3.05) is 32.7 Å². The van der Waals surface area contributed by atoms with Gasteiger partial charge in [-0.05, 0) is 19.3 Å². The molecule has 2 N–H and O–H groups in total. The number of nitrogens with zero attached hydrogens (tertiary/aromatic N) is 1. The Morgan fingerprint density at radius 2 is 2.06 bits per heavy atom. The Labute approximate surface area is 103 Å². The Bertz CT molecular complexity index is 248. The summed E-state index contributed by atoms with van der Waals surface area (Å²) < 4.78 is 5.92. The average Bonchev–Trinajstić information content (AvgIpc) is 2.31. The maximum absolute atomic E-state index is 11.7. The molecule has 0 aliphatic carbocycles. The zero-order valence-electron chi connectivity index (χ0n) is 10.6. The van der Waals surface area contributed by atoms with Crippen molar-refractivity contribution in [3.05, 3.63) is 0 Å². The fourth-order valence-electron chi connectivity index (χ4n) is 2.17. The van der Waals surface area contributed by atoms with Gasteiger partial charge in [0.1, 0.15) is 0 Å². The second-order valence-corrected chi connectivity index (χ2v) is 4.83. The molecule has 17 heavy (non-hydrogen) atoms. The molecule has 0 saturated carbocycles. The smallest absolute Gasteiger partial charge is 0.317 e. The number of hydrogen-bond donors (Lipinski definition) is 2. The summed E-state index contributed by atoms with van der Waals surface area (Å²) in [5.74, 6) is 0. The molecule has 0 bridgehead atoms. The van der Waals surface area contributed by atoms with Crippen LogP contribution in [0.4, 0.5) is 4.79 Å². The van der Waals surface area contributed by atoms with Gasteiger partial charge in [0.25, 0.3) is 0 Å². The van der Waals surface area contributed by atoms with E-state index in [1.807, 2.05) is 4.90 Å². The Morgan fingerprint density at radius 3 is 2.59 bits per heavy atom. The van der Waals surface area contributed by atoms with Crippen LogP contribution in [0.5, 0.6) is 0 Å². The van der Waals surface area contributed by atoms with Crippen LogP contribution in [-0.2, 0) is 4.74 Å². The minimum atomic E-state index is 0.0793. The lowest BCUT2D eigenvalue weighted by Crippen LogP contribution is -2.52. The van der Waals surface area contributed by atoms with Crippen molar-refractivity contribution >= 4 is 6.03 Å². The van der Waals surface area contributed by atoms with E-state index in [1.54, 1.807) is 0 Å². The van der Waals surface area contributed by atoms with Gasteiger partial charge < -0.3 is 20.3 Å². The van der Waals surface area contributed by atoms with Gasteiger partial charge in [-0.25, -0.2) is 4.79 Å². The zero-order chi connectivity index (χ0) is 12.1. The van der Waals surface area contributed by atoms with E-state index < -0.39 is 0 Å². The summed E-state index contributed by atoms with van der Waals surface area (Å²) in [5.41, 5.74) is 0. The first-order chi connectivity index (χ1) is 8.29. The average molecular weight is 241 g/mol. The van der Waals surface area contributed by atoms with Crippen LogP contribution in [0.3, 0.4) is 0 Å². The molecule has 0 aromatic rings. The Balaban J connectivity index is 1.64. The maximum Gasteiger partial charge on any atom is 0.317 e. The molecule has 0 radical (unpaired) electrons. The summed E-state index contributed by atoms with van der Waals surface area (Å²) >= 11 is 0. The first-order valence-electron chi connectivity index (χ1n) is 6.68. The number of hydrogen-bond acceptors (Lipinski definition) is 3. The summed E-state index contributed by atoms with van der Waals surface area (Å²) in [6, 6.07) is 0.0793. The molecule has 2 heterocycles. The van der Waals surface area contributed by atoms with Gasteiger partial charge in [0.2, 0.25) is 0 Å². The highest BCUT2D eigenvalue weighted by Gasteiger charge is 2.27. The van der Waals surface area contributed by atoms with Crippen molar-refractivity contribution in [1.29, 1.82) is 0 Å². The second kappa shape index (κ2) is 6.21. The molecule has 2 aliphatic rings. The molecule has 0 unspecified atom stereocenters. The van der Waals surface area contributed by atoms with Gasteiger partial charge in [0, 0.05) is 32.7 Å². The van der Waals surface area contributed by atoms with Gasteiger partial charge >= 0.3 is 6.03 Å². The minimum absolute atomic E-state index is 0.0793. The Kier molecular flexibility index (Phi) is 4.62. The van der Waals surface area contributed by atoms with Crippen molar-refractivity contribution in [3.63, 3.8) is 0 Å². The minimum Gasteiger partial charge on any atom is -0.372 e. The molecule has 0 atom stereocenters. The lowest BCUT2D eigenvalue weighted by Gasteiger charge is -2.36. The number of urea groups is 1. The van der Waals surface area contributed by atoms with Crippen molar-refractivity contribution in [3.8, 4) is 0 Å². The predicted molar refractivity (Wildman–Crippen MR) is 66.0 cm³/mol. The van der Waals surface area contributed by atoms with E-state index in [4.69, 9.17) is 4.74 Å². The molecule has 2 rings (SSSR count). The molecule has 2 saturated heterocycles. The normalized spacial score (nSPS) is 22.3. The standard InChI is InChI=1S/C12H23N3O2/c1-2-5-14-12(16)15-6-3-10(4-7-15)17-11-8-13-9-11/h10-11,13H,2-9H2,1H3,(H,14,16). The molecule has 0 spiro atoms. The highest BCUT2D eigenvalue weighted by atomic mass is 16.5. The van der Waals surface area contributed by atoms with E-state index in [0.29, 0.717) is 12.2 Å². The number of piperidine rings is 1. The van der Waals surface area contributed by atoms with Crippen LogP contribution in [0.1, 0.15) is 26.2 Å². The fourth-order valence-corrected chi connectivity index (χ4v) is 2.17. The zero-order valence-corrected chi connectivity index (χ0v) is 10.6. The Hall–Kier alpha value is -0.810. The van der Waals surface area contributed by atoms with Crippen molar-refractivity contribution in [2.45, 2.75) is 38.4 Å². The van der Waals surface area contributed by atoms with Gasteiger partial charge in [-0.15, -0.1) is 0 Å². The summed E-state index contributed by atoms with van der Waals surface area (Å²) in [4.78, 5) is 13.6. The van der Waals surface area contributed by atoms with E-state index >= 15 is 0 Å². The molecule has 5 nitrogen and oxygen atoms in total. The molecule has 5 heteroatoms. The molecule has 0 aromatic carbocycles. The third-order valence-electron chi connectivity index (χ3n) is 3.38. The molecule has 98 valence electrons. The highest BCUT2D eigenvalue weighted by molar-refractivity contribution is 5.74. The quantitative estimate of drug-likeness (QED) is 0.756. The van der Waals surface area contributed by atoms with Gasteiger partial charge in [0.05, 0.1) is 12.2 Å². The van der Waals surface area contributed by atoms with E-state index in [2.05, 4.69) is 17.6 Å². The number of likely N-dealkylation sites (tertiary alicyclic amines) is 1. The number of carbonyl (C=O) groups is 1. The number of carbonyl (C=O) groups excluding carboxylic acids is 1. The number of nitrogens with one attached hydrogen (secondary N) is 2. The largest absolute Gasteiger partial charge is 0.372 e. The third-order valence-corrected chi connectivity index (χ3v) is 3.38. The fraction of sp³-hybridized carbons (Fsp3) is 0.917. The Morgan fingerprint density at radius 1 is 1.35 bits per heavy atom. The lowest BCUT2D eigenvalue weighted by atomic mass is 10.1. The molecular weight excluding hydrogens is 218 g/mol. The monoisotopic (exact) mass is 241 g/mol. The van der Waals surface area contributed by atoms with Crippen molar-refractivity contribution < 1.29 is 9.53 Å². The molecule has 2 amide bonds. The highest BCUT2D eigenvalue weighted by Crippen LogP contribution is 2.16. The van der Waals surface area contributed by atoms with Crippen molar-refractivity contribution in [2.24, 2.45) is 0 Å². The SMILES string of the molecule is CCCNC(=O)N1CCC(OC2CNC2)CC1. The van der Waals surface area contributed by atoms with Crippen LogP contribution in [0, 0.1) is 0 Å². The van der Waals surface area contributed by atoms with Crippen LogP contribution in [0.15, 0.2) is 0 Å². The molecular formula is C12H23N3O2.